The number of phenolic OH excluding ortho intramolecular Hbond substituents is 1. The molecule has 188 valence electrons. The Morgan fingerprint density at radius 3 is 2.29 bits per heavy atom. The van der Waals surface area contributed by atoms with Crippen molar-refractivity contribution in [3.63, 3.8) is 0 Å². The molecule has 12 heteroatoms. The quantitative estimate of drug-likeness (QED) is 0.387. The van der Waals surface area contributed by atoms with Crippen LogP contribution in [-0.2, 0) is 10.0 Å². The molecule has 0 radical (unpaired) electrons. The number of benzene rings is 2. The molecule has 2 aliphatic heterocycles. The van der Waals surface area contributed by atoms with Crippen LogP contribution in [0.4, 0.5) is 20.6 Å². The van der Waals surface area contributed by atoms with E-state index in [-0.39, 0.29) is 39.5 Å². The normalized spacial score (nSPS) is 24.4. The summed E-state index contributed by atoms with van der Waals surface area (Å²) in [6.07, 6.45) is 5.24. The van der Waals surface area contributed by atoms with Crippen LogP contribution >= 0.6 is 23.2 Å². The first-order valence-electron chi connectivity index (χ1n) is 11.5. The molecule has 2 aromatic rings. The summed E-state index contributed by atoms with van der Waals surface area (Å²) in [7, 11) is -4.14. The molecule has 2 bridgehead atoms. The fourth-order valence-electron chi connectivity index (χ4n) is 5.12. The van der Waals surface area contributed by atoms with Crippen LogP contribution in [0.25, 0.3) is 0 Å². The predicted molar refractivity (Wildman–Crippen MR) is 132 cm³/mol. The van der Waals surface area contributed by atoms with Crippen molar-refractivity contribution < 1.29 is 22.7 Å². The van der Waals surface area contributed by atoms with E-state index >= 15 is 0 Å². The molecule has 2 saturated heterocycles. The highest BCUT2D eigenvalue weighted by atomic mass is 35.5. The second-order valence-corrected chi connectivity index (χ2v) is 11.8. The number of amides is 2. The Hall–Kier alpha value is -2.11. The Kier molecular flexibility index (Phi) is 6.60. The topological polar surface area (TPSA) is 111 Å². The molecule has 0 aromatic heterocycles. The molecule has 2 amide bonds. The molecule has 5 rings (SSSR count). The number of nitrogens with one attached hydrogen (secondary N) is 3. The lowest BCUT2D eigenvalue weighted by Gasteiger charge is -2.38. The zero-order valence-corrected chi connectivity index (χ0v) is 20.9. The number of hydrogen-bond donors (Lipinski definition) is 4. The van der Waals surface area contributed by atoms with Crippen molar-refractivity contribution in [3.05, 3.63) is 46.2 Å². The lowest BCUT2D eigenvalue weighted by molar-refractivity contribution is 0.205. The number of hydrogen-bond acceptors (Lipinski definition) is 5. The Morgan fingerprint density at radius 1 is 0.971 bits per heavy atom. The molecule has 0 spiro atoms. The molecule has 35 heavy (non-hydrogen) atoms. The molecule has 1 aliphatic carbocycles. The minimum atomic E-state index is -4.14. The maximum atomic E-state index is 13.7. The summed E-state index contributed by atoms with van der Waals surface area (Å²) in [5.41, 5.74) is -0.139. The number of carbonyl (C=O) groups is 1. The first-order valence-corrected chi connectivity index (χ1v) is 13.7. The third-order valence-electron chi connectivity index (χ3n) is 6.78. The number of nitrogens with zero attached hydrogens (tertiary/aromatic N) is 1. The third-order valence-corrected chi connectivity index (χ3v) is 9.67. The molecule has 3 aliphatic rings. The number of halogens is 3. The van der Waals surface area contributed by atoms with Crippen LogP contribution in [0.5, 0.6) is 5.75 Å². The van der Waals surface area contributed by atoms with Gasteiger partial charge in [-0.3, -0.25) is 0 Å². The summed E-state index contributed by atoms with van der Waals surface area (Å²) in [4.78, 5) is 12.0. The summed E-state index contributed by atoms with van der Waals surface area (Å²) < 4.78 is 42.6. The van der Waals surface area contributed by atoms with Gasteiger partial charge < -0.3 is 21.1 Å². The van der Waals surface area contributed by atoms with Crippen molar-refractivity contribution in [2.45, 2.75) is 67.6 Å². The Labute approximate surface area is 212 Å². The average molecular weight is 543 g/mol. The van der Waals surface area contributed by atoms with Gasteiger partial charge in [0.1, 0.15) is 10.7 Å². The molecule has 2 aromatic carbocycles. The van der Waals surface area contributed by atoms with E-state index in [2.05, 4.69) is 16.0 Å². The second kappa shape index (κ2) is 9.40. The average Bonchev–Trinajstić information content (AvgIpc) is 3.56. The molecule has 0 unspecified atom stereocenters. The maximum absolute atomic E-state index is 13.7. The van der Waals surface area contributed by atoms with Gasteiger partial charge in [0.15, 0.2) is 5.75 Å². The monoisotopic (exact) mass is 542 g/mol. The van der Waals surface area contributed by atoms with Crippen LogP contribution in [0, 0.1) is 5.82 Å². The van der Waals surface area contributed by atoms with Crippen molar-refractivity contribution in [1.29, 1.82) is 0 Å². The van der Waals surface area contributed by atoms with Crippen LogP contribution in [-0.4, -0.2) is 48.0 Å². The molecule has 1 saturated carbocycles. The number of fused-ring (bicyclic) bond motifs is 2. The minimum absolute atomic E-state index is 0.0183. The molecule has 3 atom stereocenters. The van der Waals surface area contributed by atoms with Gasteiger partial charge in [0.25, 0.3) is 0 Å². The summed E-state index contributed by atoms with van der Waals surface area (Å²) in [6, 6.07) is 6.14. The number of aromatic hydroxyl groups is 1. The summed E-state index contributed by atoms with van der Waals surface area (Å²) in [6.45, 7) is 0. The van der Waals surface area contributed by atoms with E-state index in [9.17, 15) is 22.7 Å². The van der Waals surface area contributed by atoms with Gasteiger partial charge >= 0.3 is 6.03 Å². The van der Waals surface area contributed by atoms with Crippen molar-refractivity contribution in [2.75, 3.05) is 10.6 Å². The van der Waals surface area contributed by atoms with Gasteiger partial charge in [-0.05, 0) is 62.8 Å². The first kappa shape index (κ1) is 24.6. The van der Waals surface area contributed by atoms with Crippen LogP contribution < -0.4 is 16.0 Å². The Bertz CT molecular complexity index is 1260. The van der Waals surface area contributed by atoms with Gasteiger partial charge in [-0.2, -0.15) is 4.31 Å². The lowest BCUT2D eigenvalue weighted by Crippen LogP contribution is -2.51. The minimum Gasteiger partial charge on any atom is -0.504 e. The lowest BCUT2D eigenvalue weighted by atomic mass is 10.00. The number of carbonyl (C=O) groups excluding carboxylic acids is 1. The summed E-state index contributed by atoms with van der Waals surface area (Å²) in [5, 5.41) is 18.8. The number of urea groups is 1. The first-order chi connectivity index (χ1) is 16.6. The van der Waals surface area contributed by atoms with Crippen molar-refractivity contribution in [2.24, 2.45) is 0 Å². The Balaban J connectivity index is 1.37. The highest BCUT2D eigenvalue weighted by Crippen LogP contribution is 2.45. The van der Waals surface area contributed by atoms with E-state index in [0.29, 0.717) is 18.9 Å². The zero-order valence-electron chi connectivity index (χ0n) is 18.6. The van der Waals surface area contributed by atoms with Gasteiger partial charge in [-0.15, -0.1) is 0 Å². The van der Waals surface area contributed by atoms with Crippen LogP contribution in [0.3, 0.4) is 0 Å². The van der Waals surface area contributed by atoms with Gasteiger partial charge in [0, 0.05) is 24.2 Å². The van der Waals surface area contributed by atoms with Crippen LogP contribution in [0.15, 0.2) is 35.2 Å². The molecular weight excluding hydrogens is 518 g/mol. The number of rotatable bonds is 6. The van der Waals surface area contributed by atoms with Crippen LogP contribution in [0.1, 0.15) is 38.5 Å². The fraction of sp³-hybridized carbons (Fsp3) is 0.435. The number of piperidine rings is 1. The number of sulfonamides is 1. The van der Waals surface area contributed by atoms with Gasteiger partial charge in [0.2, 0.25) is 10.0 Å². The Morgan fingerprint density at radius 2 is 1.63 bits per heavy atom. The van der Waals surface area contributed by atoms with Crippen LogP contribution in [0.2, 0.25) is 10.0 Å². The van der Waals surface area contributed by atoms with Gasteiger partial charge in [0.05, 0.1) is 21.4 Å². The van der Waals surface area contributed by atoms with E-state index in [1.54, 1.807) is 0 Å². The summed E-state index contributed by atoms with van der Waals surface area (Å²) in [5.74, 6) is -1.37. The number of phenols is 1. The highest BCUT2D eigenvalue weighted by molar-refractivity contribution is 7.89. The second-order valence-electron chi connectivity index (χ2n) is 9.28. The smallest absolute Gasteiger partial charge is 0.323 e. The van der Waals surface area contributed by atoms with Gasteiger partial charge in [-0.25, -0.2) is 17.6 Å². The van der Waals surface area contributed by atoms with Gasteiger partial charge in [-0.1, -0.05) is 29.3 Å². The standard InChI is InChI=1S/C23H25Cl2FN4O4S/c24-16-8-9-19(29-23(32)28-18-3-1-2-17(26)20(18)25)21(31)22(16)35(33,34)30-14-6-7-15(30)11-13(10-14)27-12-4-5-12/h1-3,8-9,12-15,27,31H,4-7,10-11H2,(H2,28,29,32)/t13-,14+,15-. The summed E-state index contributed by atoms with van der Waals surface area (Å²) >= 11 is 12.1. The fourth-order valence-corrected chi connectivity index (χ4v) is 7.79. The molecule has 3 fully saturated rings. The highest BCUT2D eigenvalue weighted by Gasteiger charge is 2.49. The van der Waals surface area contributed by atoms with Crippen molar-refractivity contribution in [1.82, 2.24) is 9.62 Å². The molecule has 8 nitrogen and oxygen atoms in total. The van der Waals surface area contributed by atoms with E-state index in [1.165, 1.54) is 28.6 Å². The molecule has 4 N–H and O–H groups in total. The van der Waals surface area contributed by atoms with Crippen molar-refractivity contribution >= 4 is 50.6 Å². The third kappa shape index (κ3) is 4.82. The molecular formula is C23H25Cl2FN4O4S. The maximum Gasteiger partial charge on any atom is 0.323 e. The molecule has 2 heterocycles. The van der Waals surface area contributed by atoms with E-state index in [1.807, 2.05) is 0 Å². The largest absolute Gasteiger partial charge is 0.504 e. The van der Waals surface area contributed by atoms with E-state index < -0.39 is 32.5 Å². The SMILES string of the molecule is O=C(Nc1ccc(Cl)c(S(=O)(=O)N2[C@@H]3CC[C@H]2C[C@@H](NC2CC2)C3)c1O)Nc1cccc(F)c1Cl. The zero-order chi connectivity index (χ0) is 24.9. The van der Waals surface area contributed by atoms with E-state index in [0.717, 1.165) is 31.7 Å². The predicted octanol–water partition coefficient (Wildman–Crippen LogP) is 4.92. The number of anilines is 2. The van der Waals surface area contributed by atoms with Crippen molar-refractivity contribution in [3.8, 4) is 5.75 Å². The van der Waals surface area contributed by atoms with E-state index in [4.69, 9.17) is 23.2 Å².